The van der Waals surface area contributed by atoms with Crippen LogP contribution in [-0.4, -0.2) is 63.6 Å². The van der Waals surface area contributed by atoms with Gasteiger partial charge in [-0.1, -0.05) is 29.7 Å². The Balaban J connectivity index is 1.18. The number of imidazole rings is 1. The SMILES string of the molecule is Cc1cc(-n2nc3c(c2-n2cc[nH]c2=O)[C@H](C)N(C(=O)c2cc4cc(C5CCOC(C)(C)C5)ccc4n2[C@@]2(c4noc(=O)[nH]4)C[C@@H]2C)CC3)cc(C)c1Cl. The molecule has 1 amide bonds. The molecule has 2 N–H and O–H groups in total. The van der Waals surface area contributed by atoms with Gasteiger partial charge in [0.25, 0.3) is 5.91 Å². The van der Waals surface area contributed by atoms with Crippen molar-refractivity contribution < 1.29 is 14.1 Å². The number of rotatable bonds is 6. The summed E-state index contributed by atoms with van der Waals surface area (Å²) >= 11 is 6.56. The molecule has 0 radical (unpaired) electrons. The highest BCUT2D eigenvalue weighted by atomic mass is 35.5. The number of carbonyl (C=O) groups excluding carboxylic acids is 1. The number of aromatic amines is 2. The Bertz CT molecular complexity index is 2580. The molecule has 14 heteroatoms. The third-order valence-electron chi connectivity index (χ3n) is 12.0. The topological polar surface area (TPSA) is 149 Å². The van der Waals surface area contributed by atoms with Crippen molar-refractivity contribution >= 4 is 28.4 Å². The first-order valence-corrected chi connectivity index (χ1v) is 19.0. The number of carbonyl (C=O) groups is 1. The number of fused-ring (bicyclic) bond motifs is 2. The van der Waals surface area contributed by atoms with Gasteiger partial charge in [-0.3, -0.25) is 18.9 Å². The van der Waals surface area contributed by atoms with E-state index in [4.69, 9.17) is 26.0 Å². The summed E-state index contributed by atoms with van der Waals surface area (Å²) in [6.45, 7) is 13.3. The maximum Gasteiger partial charge on any atom is 0.438 e. The van der Waals surface area contributed by atoms with Crippen LogP contribution in [0.25, 0.3) is 22.4 Å². The second kappa shape index (κ2) is 12.2. The molecule has 0 bridgehead atoms. The van der Waals surface area contributed by atoms with Crippen LogP contribution >= 0.6 is 11.6 Å². The molecule has 0 spiro atoms. The molecule has 280 valence electrons. The largest absolute Gasteiger partial charge is 0.438 e. The molecule has 2 aromatic carbocycles. The molecule has 1 saturated heterocycles. The van der Waals surface area contributed by atoms with Crippen LogP contribution in [-0.2, 0) is 16.7 Å². The van der Waals surface area contributed by atoms with E-state index < -0.39 is 17.3 Å². The molecule has 1 saturated carbocycles. The maximum atomic E-state index is 15.2. The molecule has 6 aromatic rings. The third-order valence-corrected chi connectivity index (χ3v) is 12.6. The van der Waals surface area contributed by atoms with Crippen LogP contribution in [0.5, 0.6) is 0 Å². The Hall–Kier alpha value is -5.14. The summed E-state index contributed by atoms with van der Waals surface area (Å²) in [6, 6.07) is 11.9. The standard InChI is InChI=1S/C40H43ClN8O5/c1-21-15-28(16-22(2)33(21)41)49-34(47-13-11-42-37(47)51)32-24(4)46(12-9-29(32)44-49)35(50)31-18-27-17-25(26-10-14-53-39(5,6)20-26)7-8-30(27)48(31)40(19-23(40)3)36-43-38(52)54-45-36/h7-8,11,13,15-18,23-24,26H,9-10,12,14,19-20H2,1-6H3,(H,42,51)(H,43,45,52)/t23-,24-,26?,40-/m0/s1. The Labute approximate surface area is 315 Å². The Kier molecular flexibility index (Phi) is 7.81. The first-order chi connectivity index (χ1) is 25.8. The molecule has 2 aliphatic heterocycles. The number of nitrogens with one attached hydrogen (secondary N) is 2. The minimum absolute atomic E-state index is 0.0679. The summed E-state index contributed by atoms with van der Waals surface area (Å²) < 4.78 is 16.5. The fourth-order valence-electron chi connectivity index (χ4n) is 9.19. The van der Waals surface area contributed by atoms with Crippen molar-refractivity contribution in [3.05, 3.63) is 114 Å². The zero-order chi connectivity index (χ0) is 37.8. The van der Waals surface area contributed by atoms with Crippen LogP contribution in [0.2, 0.25) is 5.02 Å². The van der Waals surface area contributed by atoms with Gasteiger partial charge in [-0.2, -0.15) is 5.10 Å². The molecular formula is C40H43ClN8O5. The van der Waals surface area contributed by atoms with E-state index in [1.165, 1.54) is 5.56 Å². The molecule has 1 aliphatic carbocycles. The number of aromatic nitrogens is 7. The van der Waals surface area contributed by atoms with Gasteiger partial charge in [0.1, 0.15) is 17.1 Å². The van der Waals surface area contributed by atoms with Crippen molar-refractivity contribution in [2.75, 3.05) is 13.2 Å². The summed E-state index contributed by atoms with van der Waals surface area (Å²) in [4.78, 5) is 48.2. The van der Waals surface area contributed by atoms with E-state index >= 15 is 4.79 Å². The van der Waals surface area contributed by atoms with Crippen LogP contribution in [0.4, 0.5) is 0 Å². The van der Waals surface area contributed by atoms with Crippen LogP contribution in [0.1, 0.15) is 103 Å². The smallest absolute Gasteiger partial charge is 0.376 e. The fraction of sp³-hybridized carbons (Fsp3) is 0.425. The number of H-pyrrole nitrogens is 2. The van der Waals surface area contributed by atoms with Gasteiger partial charge in [-0.05, 0) is 113 Å². The Morgan fingerprint density at radius 1 is 1.06 bits per heavy atom. The molecule has 2 fully saturated rings. The number of ether oxygens (including phenoxy) is 1. The molecule has 13 nitrogen and oxygen atoms in total. The average molecular weight is 751 g/mol. The van der Waals surface area contributed by atoms with E-state index in [1.54, 1.807) is 21.6 Å². The lowest BCUT2D eigenvalue weighted by Gasteiger charge is -2.35. The zero-order valence-electron chi connectivity index (χ0n) is 31.2. The second-order valence-corrected chi connectivity index (χ2v) is 16.4. The molecule has 9 rings (SSSR count). The van der Waals surface area contributed by atoms with Crippen molar-refractivity contribution in [3.63, 3.8) is 0 Å². The van der Waals surface area contributed by atoms with Crippen LogP contribution in [0.3, 0.4) is 0 Å². The monoisotopic (exact) mass is 750 g/mol. The van der Waals surface area contributed by atoms with Crippen LogP contribution < -0.4 is 11.4 Å². The molecule has 54 heavy (non-hydrogen) atoms. The van der Waals surface area contributed by atoms with Crippen molar-refractivity contribution in [1.29, 1.82) is 0 Å². The van der Waals surface area contributed by atoms with Crippen molar-refractivity contribution in [2.24, 2.45) is 5.92 Å². The lowest BCUT2D eigenvalue weighted by molar-refractivity contribution is -0.0592. The van der Waals surface area contributed by atoms with Gasteiger partial charge < -0.3 is 19.2 Å². The van der Waals surface area contributed by atoms with E-state index in [0.29, 0.717) is 54.3 Å². The minimum Gasteiger partial charge on any atom is -0.376 e. The molecular weight excluding hydrogens is 708 g/mol. The minimum atomic E-state index is -0.774. The molecule has 1 unspecified atom stereocenters. The highest BCUT2D eigenvalue weighted by molar-refractivity contribution is 6.32. The molecule has 4 aromatic heterocycles. The highest BCUT2D eigenvalue weighted by Gasteiger charge is 2.59. The second-order valence-electron chi connectivity index (χ2n) is 16.0. The number of hydrogen-bond donors (Lipinski definition) is 2. The number of aryl methyl sites for hydroxylation is 2. The normalized spacial score (nSPS) is 23.5. The molecule has 3 aliphatic rings. The van der Waals surface area contributed by atoms with Crippen LogP contribution in [0, 0.1) is 19.8 Å². The van der Waals surface area contributed by atoms with Gasteiger partial charge in [0.2, 0.25) is 0 Å². The lowest BCUT2D eigenvalue weighted by Crippen LogP contribution is -2.41. The quantitative estimate of drug-likeness (QED) is 0.198. The fourth-order valence-corrected chi connectivity index (χ4v) is 9.30. The Morgan fingerprint density at radius 2 is 1.81 bits per heavy atom. The van der Waals surface area contributed by atoms with Gasteiger partial charge in [0.15, 0.2) is 5.82 Å². The van der Waals surface area contributed by atoms with Crippen molar-refractivity contribution in [3.8, 4) is 11.5 Å². The van der Waals surface area contributed by atoms with Gasteiger partial charge in [0, 0.05) is 53.5 Å². The number of halogens is 1. The van der Waals surface area contributed by atoms with E-state index in [0.717, 1.165) is 51.8 Å². The predicted octanol–water partition coefficient (Wildman–Crippen LogP) is 6.47. The summed E-state index contributed by atoms with van der Waals surface area (Å²) in [6.07, 6.45) is 6.26. The van der Waals surface area contributed by atoms with E-state index in [1.807, 2.05) is 43.9 Å². The summed E-state index contributed by atoms with van der Waals surface area (Å²) in [5.74, 6) is 0.560. The van der Waals surface area contributed by atoms with Gasteiger partial charge >= 0.3 is 11.4 Å². The zero-order valence-corrected chi connectivity index (χ0v) is 32.0. The summed E-state index contributed by atoms with van der Waals surface area (Å²) in [7, 11) is 0. The van der Waals surface area contributed by atoms with Crippen molar-refractivity contribution in [1.82, 2.24) is 38.9 Å². The number of benzene rings is 2. The first-order valence-electron chi connectivity index (χ1n) is 18.6. The summed E-state index contributed by atoms with van der Waals surface area (Å²) in [5, 5.41) is 10.8. The highest BCUT2D eigenvalue weighted by Crippen LogP contribution is 2.56. The average Bonchev–Trinajstić information content (AvgIpc) is 3.65. The number of hydrogen-bond acceptors (Lipinski definition) is 7. The summed E-state index contributed by atoms with van der Waals surface area (Å²) in [5.41, 5.74) is 5.45. The predicted molar refractivity (Wildman–Crippen MR) is 203 cm³/mol. The first kappa shape index (κ1) is 34.6. The van der Waals surface area contributed by atoms with Gasteiger partial charge in [-0.25, -0.2) is 14.3 Å². The lowest BCUT2D eigenvalue weighted by atomic mass is 9.83. The van der Waals surface area contributed by atoms with Crippen LogP contribution in [0.15, 0.2) is 62.9 Å². The van der Waals surface area contributed by atoms with Gasteiger partial charge in [0.05, 0.1) is 23.0 Å². The molecule has 4 atom stereocenters. The van der Waals surface area contributed by atoms with E-state index in [-0.39, 0.29) is 23.1 Å². The maximum absolute atomic E-state index is 15.2. The van der Waals surface area contributed by atoms with Crippen molar-refractivity contribution in [2.45, 2.75) is 90.3 Å². The number of amides is 1. The Morgan fingerprint density at radius 3 is 2.46 bits per heavy atom. The third kappa shape index (κ3) is 5.26. The van der Waals surface area contributed by atoms with E-state index in [9.17, 15) is 9.59 Å². The van der Waals surface area contributed by atoms with E-state index in [2.05, 4.69) is 58.7 Å². The number of nitrogens with zero attached hydrogens (tertiary/aromatic N) is 6. The van der Waals surface area contributed by atoms with Gasteiger partial charge in [-0.15, -0.1) is 0 Å². The molecule has 6 heterocycles.